The van der Waals surface area contributed by atoms with Crippen LogP contribution in [0.1, 0.15) is 80.6 Å². The zero-order chi connectivity index (χ0) is 13.0. The summed E-state index contributed by atoms with van der Waals surface area (Å²) in [7, 11) is 0. The minimum absolute atomic E-state index is 0.0136. The molecule has 1 heteroatoms. The summed E-state index contributed by atoms with van der Waals surface area (Å²) in [6.07, 6.45) is 5.93. The van der Waals surface area contributed by atoms with Crippen molar-refractivity contribution in [2.75, 3.05) is 0 Å². The van der Waals surface area contributed by atoms with Crippen LogP contribution < -0.4 is 5.73 Å². The summed E-state index contributed by atoms with van der Waals surface area (Å²) in [5.41, 5.74) is 7.09. The van der Waals surface area contributed by atoms with E-state index in [0.29, 0.717) is 10.8 Å². The summed E-state index contributed by atoms with van der Waals surface area (Å²) in [6.45, 7) is 16.2. The largest absolute Gasteiger partial charge is 0.325 e. The summed E-state index contributed by atoms with van der Waals surface area (Å²) in [5, 5.41) is 0. The summed E-state index contributed by atoms with van der Waals surface area (Å²) in [4.78, 5) is 0. The molecule has 0 aliphatic carbocycles. The zero-order valence-corrected chi connectivity index (χ0v) is 12.6. The Morgan fingerprint density at radius 1 is 0.750 bits per heavy atom. The van der Waals surface area contributed by atoms with Crippen LogP contribution in [0.5, 0.6) is 0 Å². The molecule has 0 aromatic carbocycles. The molecular weight excluding hydrogens is 194 g/mol. The third-order valence-electron chi connectivity index (χ3n) is 5.32. The van der Waals surface area contributed by atoms with E-state index in [0.717, 1.165) is 12.8 Å². The third kappa shape index (κ3) is 3.76. The van der Waals surface area contributed by atoms with E-state index in [9.17, 15) is 0 Å². The highest BCUT2D eigenvalue weighted by atomic mass is 14.7. The van der Waals surface area contributed by atoms with Crippen LogP contribution in [-0.2, 0) is 0 Å². The van der Waals surface area contributed by atoms with Gasteiger partial charge in [0.2, 0.25) is 0 Å². The molecule has 0 spiro atoms. The highest BCUT2D eigenvalue weighted by Gasteiger charge is 2.38. The van der Waals surface area contributed by atoms with Crippen LogP contribution in [0.15, 0.2) is 0 Å². The molecule has 0 aliphatic rings. The Morgan fingerprint density at radius 2 is 1.19 bits per heavy atom. The molecule has 1 atom stereocenters. The number of hydrogen-bond donors (Lipinski definition) is 1. The van der Waals surface area contributed by atoms with Gasteiger partial charge in [0.05, 0.1) is 0 Å². The van der Waals surface area contributed by atoms with E-state index in [2.05, 4.69) is 48.5 Å². The molecule has 0 aromatic heterocycles. The minimum Gasteiger partial charge on any atom is -0.325 e. The van der Waals surface area contributed by atoms with Crippen LogP contribution in [0, 0.1) is 10.8 Å². The van der Waals surface area contributed by atoms with Crippen molar-refractivity contribution in [3.05, 3.63) is 0 Å². The fraction of sp³-hybridized carbons (Fsp3) is 1.00. The van der Waals surface area contributed by atoms with Crippen molar-refractivity contribution in [2.24, 2.45) is 16.6 Å². The van der Waals surface area contributed by atoms with Crippen molar-refractivity contribution in [3.8, 4) is 0 Å². The lowest BCUT2D eigenvalue weighted by Crippen LogP contribution is -2.40. The maximum Gasteiger partial charge on any atom is 0.0123 e. The van der Waals surface area contributed by atoms with Crippen molar-refractivity contribution < 1.29 is 0 Å². The van der Waals surface area contributed by atoms with E-state index >= 15 is 0 Å². The molecule has 16 heavy (non-hydrogen) atoms. The Bertz CT molecular complexity index is 199. The average molecular weight is 227 g/mol. The molecule has 98 valence electrons. The Labute approximate surface area is 103 Å². The Hall–Kier alpha value is -0.0400. The molecule has 0 radical (unpaired) electrons. The minimum atomic E-state index is 0.0136. The van der Waals surface area contributed by atoms with E-state index in [-0.39, 0.29) is 5.54 Å². The molecule has 1 nitrogen and oxygen atoms in total. The van der Waals surface area contributed by atoms with E-state index in [1.165, 1.54) is 19.3 Å². The SMILES string of the molecule is CCC(C)(N)CCC(C)(C)C(C)(CC)CC. The smallest absolute Gasteiger partial charge is 0.0123 e. The van der Waals surface area contributed by atoms with Gasteiger partial charge in [-0.05, 0) is 37.0 Å². The zero-order valence-electron chi connectivity index (χ0n) is 12.6. The van der Waals surface area contributed by atoms with E-state index in [4.69, 9.17) is 5.73 Å². The summed E-state index contributed by atoms with van der Waals surface area (Å²) < 4.78 is 0. The molecule has 2 N–H and O–H groups in total. The van der Waals surface area contributed by atoms with Gasteiger partial charge in [-0.15, -0.1) is 0 Å². The van der Waals surface area contributed by atoms with Crippen molar-refractivity contribution in [1.29, 1.82) is 0 Å². The van der Waals surface area contributed by atoms with Gasteiger partial charge in [0.25, 0.3) is 0 Å². The molecule has 0 fully saturated rings. The molecular formula is C15H33N. The molecule has 0 bridgehead atoms. The van der Waals surface area contributed by atoms with Crippen molar-refractivity contribution >= 4 is 0 Å². The normalized spacial score (nSPS) is 17.2. The van der Waals surface area contributed by atoms with Gasteiger partial charge in [0, 0.05) is 5.54 Å². The quantitative estimate of drug-likeness (QED) is 0.667. The maximum absolute atomic E-state index is 6.25. The molecule has 0 amide bonds. The predicted octanol–water partition coefficient (Wildman–Crippen LogP) is 4.75. The van der Waals surface area contributed by atoms with Crippen LogP contribution in [0.4, 0.5) is 0 Å². The highest BCUT2D eigenvalue weighted by molar-refractivity contribution is 4.90. The van der Waals surface area contributed by atoms with Gasteiger partial charge >= 0.3 is 0 Å². The van der Waals surface area contributed by atoms with Crippen molar-refractivity contribution in [2.45, 2.75) is 86.1 Å². The molecule has 0 saturated heterocycles. The molecule has 1 unspecified atom stereocenters. The third-order valence-corrected chi connectivity index (χ3v) is 5.32. The number of hydrogen-bond acceptors (Lipinski definition) is 1. The first-order valence-electron chi connectivity index (χ1n) is 6.93. The Morgan fingerprint density at radius 3 is 1.50 bits per heavy atom. The van der Waals surface area contributed by atoms with Gasteiger partial charge in [0.15, 0.2) is 0 Å². The van der Waals surface area contributed by atoms with Gasteiger partial charge in [-0.1, -0.05) is 54.4 Å². The molecule has 0 heterocycles. The monoisotopic (exact) mass is 227 g/mol. The summed E-state index contributed by atoms with van der Waals surface area (Å²) in [5.74, 6) is 0. The topological polar surface area (TPSA) is 26.0 Å². The molecule has 0 aliphatic heterocycles. The van der Waals surface area contributed by atoms with Crippen LogP contribution >= 0.6 is 0 Å². The lowest BCUT2D eigenvalue weighted by atomic mass is 9.61. The Kier molecular flexibility index (Phi) is 5.52. The van der Waals surface area contributed by atoms with Gasteiger partial charge in [-0.3, -0.25) is 0 Å². The first kappa shape index (κ1) is 16.0. The van der Waals surface area contributed by atoms with E-state index < -0.39 is 0 Å². The fourth-order valence-electron chi connectivity index (χ4n) is 2.28. The second-order valence-electron chi connectivity index (χ2n) is 6.66. The second kappa shape index (κ2) is 5.53. The molecule has 0 aromatic rings. The van der Waals surface area contributed by atoms with Crippen molar-refractivity contribution in [1.82, 2.24) is 0 Å². The average Bonchev–Trinajstić information content (AvgIpc) is 2.25. The number of nitrogens with two attached hydrogens (primary N) is 1. The fourth-order valence-corrected chi connectivity index (χ4v) is 2.28. The second-order valence-corrected chi connectivity index (χ2v) is 6.66. The predicted molar refractivity (Wildman–Crippen MR) is 74.6 cm³/mol. The van der Waals surface area contributed by atoms with E-state index in [1.807, 2.05) is 0 Å². The van der Waals surface area contributed by atoms with Gasteiger partial charge in [-0.25, -0.2) is 0 Å². The highest BCUT2D eigenvalue weighted by Crippen LogP contribution is 2.47. The van der Waals surface area contributed by atoms with Crippen LogP contribution in [0.3, 0.4) is 0 Å². The van der Waals surface area contributed by atoms with E-state index in [1.54, 1.807) is 0 Å². The Balaban J connectivity index is 4.57. The van der Waals surface area contributed by atoms with Gasteiger partial charge in [0.1, 0.15) is 0 Å². The lowest BCUT2D eigenvalue weighted by molar-refractivity contribution is 0.0596. The van der Waals surface area contributed by atoms with Crippen molar-refractivity contribution in [3.63, 3.8) is 0 Å². The van der Waals surface area contributed by atoms with Gasteiger partial charge in [-0.2, -0.15) is 0 Å². The van der Waals surface area contributed by atoms with Gasteiger partial charge < -0.3 is 5.73 Å². The first-order chi connectivity index (χ1) is 7.14. The first-order valence-corrected chi connectivity index (χ1v) is 6.93. The maximum atomic E-state index is 6.25. The number of rotatable bonds is 7. The molecule has 0 rings (SSSR count). The molecule has 0 saturated carbocycles. The summed E-state index contributed by atoms with van der Waals surface area (Å²) >= 11 is 0. The van der Waals surface area contributed by atoms with Crippen LogP contribution in [-0.4, -0.2) is 5.54 Å². The summed E-state index contributed by atoms with van der Waals surface area (Å²) in [6, 6.07) is 0. The van der Waals surface area contributed by atoms with Crippen LogP contribution in [0.25, 0.3) is 0 Å². The van der Waals surface area contributed by atoms with Crippen LogP contribution in [0.2, 0.25) is 0 Å². The standard InChI is InChI=1S/C15H33N/c1-8-14(6,9-2)13(4,5)11-12-15(7,16)10-3/h8-12,16H2,1-7H3. The lowest BCUT2D eigenvalue weighted by Gasteiger charge is -2.45.